The smallest absolute Gasteiger partial charge is 0.465 e. The standard InChI is InChI=1S/C13H12BNO4.C2H6/c1-19-13(16)10-4-2-9(3-5-10)12-8-11(14(17)18)6-7-15-12;1-2/h2-8,17-18H,1H3;1-2H3. The molecule has 1 aromatic carbocycles. The summed E-state index contributed by atoms with van der Waals surface area (Å²) in [4.78, 5) is 15.4. The lowest BCUT2D eigenvalue weighted by Gasteiger charge is -2.05. The maximum Gasteiger partial charge on any atom is 0.488 e. The number of pyridine rings is 1. The van der Waals surface area contributed by atoms with Crippen molar-refractivity contribution in [1.82, 2.24) is 4.98 Å². The molecule has 0 spiro atoms. The predicted octanol–water partition coefficient (Wildman–Crippen LogP) is 1.24. The topological polar surface area (TPSA) is 79.7 Å². The van der Waals surface area contributed by atoms with Crippen LogP contribution in [0.3, 0.4) is 0 Å². The second-order valence-corrected chi connectivity index (χ2v) is 3.92. The van der Waals surface area contributed by atoms with Crippen molar-refractivity contribution in [3.05, 3.63) is 48.2 Å². The van der Waals surface area contributed by atoms with Gasteiger partial charge in [0.15, 0.2) is 0 Å². The Labute approximate surface area is 124 Å². The summed E-state index contributed by atoms with van der Waals surface area (Å²) in [7, 11) is -0.208. The summed E-state index contributed by atoms with van der Waals surface area (Å²) in [5.41, 5.74) is 2.18. The molecule has 1 aromatic heterocycles. The fraction of sp³-hybridized carbons (Fsp3) is 0.200. The summed E-state index contributed by atoms with van der Waals surface area (Å²) in [5, 5.41) is 18.2. The van der Waals surface area contributed by atoms with E-state index in [1.807, 2.05) is 13.8 Å². The number of methoxy groups -OCH3 is 1. The van der Waals surface area contributed by atoms with Gasteiger partial charge in [0.05, 0.1) is 18.4 Å². The molecule has 0 aliphatic rings. The molecule has 2 rings (SSSR count). The van der Waals surface area contributed by atoms with E-state index in [2.05, 4.69) is 9.72 Å². The highest BCUT2D eigenvalue weighted by atomic mass is 16.5. The van der Waals surface area contributed by atoms with E-state index in [1.54, 1.807) is 30.3 Å². The van der Waals surface area contributed by atoms with Gasteiger partial charge in [0.1, 0.15) is 0 Å². The van der Waals surface area contributed by atoms with Crippen molar-refractivity contribution >= 4 is 18.6 Å². The molecule has 0 radical (unpaired) electrons. The molecule has 6 heteroatoms. The first-order chi connectivity index (χ1) is 10.1. The molecule has 0 aliphatic carbocycles. The molecule has 110 valence electrons. The molecule has 0 unspecified atom stereocenters. The summed E-state index contributed by atoms with van der Waals surface area (Å²) in [5.74, 6) is -0.404. The van der Waals surface area contributed by atoms with E-state index >= 15 is 0 Å². The first-order valence-corrected chi connectivity index (χ1v) is 6.62. The fourth-order valence-corrected chi connectivity index (χ4v) is 1.66. The van der Waals surface area contributed by atoms with Gasteiger partial charge in [0.2, 0.25) is 0 Å². The predicted molar refractivity (Wildman–Crippen MR) is 82.2 cm³/mol. The van der Waals surface area contributed by atoms with Gasteiger partial charge in [-0.1, -0.05) is 26.0 Å². The van der Waals surface area contributed by atoms with Gasteiger partial charge in [-0.3, -0.25) is 4.98 Å². The summed E-state index contributed by atoms with van der Waals surface area (Å²) >= 11 is 0. The number of nitrogens with zero attached hydrogens (tertiary/aromatic N) is 1. The Morgan fingerprint density at radius 3 is 2.29 bits per heavy atom. The first-order valence-electron chi connectivity index (χ1n) is 6.62. The van der Waals surface area contributed by atoms with E-state index < -0.39 is 13.1 Å². The third-order valence-corrected chi connectivity index (χ3v) is 2.68. The third kappa shape index (κ3) is 4.41. The van der Waals surface area contributed by atoms with E-state index in [9.17, 15) is 4.79 Å². The minimum atomic E-state index is -1.53. The highest BCUT2D eigenvalue weighted by molar-refractivity contribution is 6.58. The number of rotatable bonds is 3. The number of carbonyl (C=O) groups is 1. The maximum absolute atomic E-state index is 11.3. The number of esters is 1. The van der Waals surface area contributed by atoms with Crippen molar-refractivity contribution in [3.8, 4) is 11.3 Å². The zero-order valence-electron chi connectivity index (χ0n) is 12.3. The van der Waals surface area contributed by atoms with Gasteiger partial charge in [0.25, 0.3) is 0 Å². The first kappa shape index (κ1) is 16.9. The number of carbonyl (C=O) groups excluding carboxylic acids is 1. The molecule has 2 aromatic rings. The van der Waals surface area contributed by atoms with Gasteiger partial charge in [0, 0.05) is 11.8 Å². The van der Waals surface area contributed by atoms with Crippen LogP contribution in [-0.2, 0) is 4.74 Å². The van der Waals surface area contributed by atoms with Crippen molar-refractivity contribution in [2.24, 2.45) is 0 Å². The van der Waals surface area contributed by atoms with Gasteiger partial charge in [-0.05, 0) is 29.7 Å². The van der Waals surface area contributed by atoms with Gasteiger partial charge < -0.3 is 14.8 Å². The minimum Gasteiger partial charge on any atom is -0.465 e. The number of benzene rings is 1. The van der Waals surface area contributed by atoms with E-state index in [-0.39, 0.29) is 0 Å². The second-order valence-electron chi connectivity index (χ2n) is 3.92. The molecular weight excluding hydrogens is 269 g/mol. The largest absolute Gasteiger partial charge is 0.488 e. The Kier molecular flexibility index (Phi) is 6.58. The lowest BCUT2D eigenvalue weighted by Crippen LogP contribution is -2.29. The van der Waals surface area contributed by atoms with Gasteiger partial charge in [-0.25, -0.2) is 4.79 Å². The van der Waals surface area contributed by atoms with Crippen LogP contribution in [-0.4, -0.2) is 35.2 Å². The van der Waals surface area contributed by atoms with E-state index in [0.717, 1.165) is 5.56 Å². The second kappa shape index (κ2) is 8.19. The molecule has 0 saturated carbocycles. The molecule has 0 aliphatic heterocycles. The molecule has 2 N–H and O–H groups in total. The highest BCUT2D eigenvalue weighted by Gasteiger charge is 2.12. The van der Waals surface area contributed by atoms with Crippen LogP contribution in [0.4, 0.5) is 0 Å². The van der Waals surface area contributed by atoms with Crippen molar-refractivity contribution in [1.29, 1.82) is 0 Å². The van der Waals surface area contributed by atoms with Crippen LogP contribution < -0.4 is 5.46 Å². The summed E-state index contributed by atoms with van der Waals surface area (Å²) < 4.78 is 4.61. The van der Waals surface area contributed by atoms with Crippen molar-refractivity contribution in [2.45, 2.75) is 13.8 Å². The van der Waals surface area contributed by atoms with Crippen LogP contribution in [0.25, 0.3) is 11.3 Å². The SMILES string of the molecule is CC.COC(=O)c1ccc(-c2cc(B(O)O)ccn2)cc1. The molecule has 5 nitrogen and oxygen atoms in total. The lowest BCUT2D eigenvalue weighted by molar-refractivity contribution is 0.0600. The van der Waals surface area contributed by atoms with Crippen LogP contribution in [0.15, 0.2) is 42.6 Å². The van der Waals surface area contributed by atoms with Crippen LogP contribution in [0, 0.1) is 0 Å². The van der Waals surface area contributed by atoms with Crippen LogP contribution in [0.1, 0.15) is 24.2 Å². The molecule has 21 heavy (non-hydrogen) atoms. The van der Waals surface area contributed by atoms with Gasteiger partial charge in [-0.15, -0.1) is 0 Å². The van der Waals surface area contributed by atoms with Gasteiger partial charge in [-0.2, -0.15) is 0 Å². The monoisotopic (exact) mass is 287 g/mol. The van der Waals surface area contributed by atoms with Gasteiger partial charge >= 0.3 is 13.1 Å². The zero-order chi connectivity index (χ0) is 15.8. The third-order valence-electron chi connectivity index (χ3n) is 2.68. The van der Waals surface area contributed by atoms with Crippen molar-refractivity contribution in [3.63, 3.8) is 0 Å². The van der Waals surface area contributed by atoms with E-state index in [0.29, 0.717) is 16.7 Å². The number of hydrogen-bond donors (Lipinski definition) is 2. The maximum atomic E-state index is 11.3. The fourth-order valence-electron chi connectivity index (χ4n) is 1.66. The van der Waals surface area contributed by atoms with Crippen LogP contribution in [0.2, 0.25) is 0 Å². The summed E-state index contributed by atoms with van der Waals surface area (Å²) in [6, 6.07) is 9.81. The highest BCUT2D eigenvalue weighted by Crippen LogP contribution is 2.16. The number of ether oxygens (including phenoxy) is 1. The quantitative estimate of drug-likeness (QED) is 0.656. The van der Waals surface area contributed by atoms with Crippen LogP contribution >= 0.6 is 0 Å². The number of hydrogen-bond acceptors (Lipinski definition) is 5. The van der Waals surface area contributed by atoms with Crippen molar-refractivity contribution < 1.29 is 19.6 Å². The Morgan fingerprint density at radius 1 is 1.14 bits per heavy atom. The van der Waals surface area contributed by atoms with E-state index in [4.69, 9.17) is 10.0 Å². The molecule has 0 fully saturated rings. The Hall–Kier alpha value is -2.18. The average Bonchev–Trinajstić information content (AvgIpc) is 2.56. The molecule has 1 heterocycles. The zero-order valence-corrected chi connectivity index (χ0v) is 12.3. The van der Waals surface area contributed by atoms with E-state index in [1.165, 1.54) is 19.4 Å². The number of aromatic nitrogens is 1. The Morgan fingerprint density at radius 2 is 1.76 bits per heavy atom. The normalized spacial score (nSPS) is 9.38. The average molecular weight is 287 g/mol. The summed E-state index contributed by atoms with van der Waals surface area (Å²) in [6.07, 6.45) is 1.50. The van der Waals surface area contributed by atoms with Crippen molar-refractivity contribution in [2.75, 3.05) is 7.11 Å². The Balaban J connectivity index is 0.00000106. The molecular formula is C15H18BNO4. The molecule has 0 amide bonds. The summed E-state index contributed by atoms with van der Waals surface area (Å²) in [6.45, 7) is 4.00. The minimum absolute atomic E-state index is 0.363. The lowest BCUT2D eigenvalue weighted by atomic mass is 9.80. The molecule has 0 atom stereocenters. The molecule has 0 bridgehead atoms. The van der Waals surface area contributed by atoms with Crippen LogP contribution in [0.5, 0.6) is 0 Å². The Bertz CT molecular complexity index is 584. The molecule has 0 saturated heterocycles.